The Morgan fingerprint density at radius 2 is 1.56 bits per heavy atom. The molecule has 2 aromatic heterocycles. The van der Waals surface area contributed by atoms with Crippen LogP contribution in [0.4, 0.5) is 26.3 Å². The lowest BCUT2D eigenvalue weighted by Crippen LogP contribution is -2.64. The van der Waals surface area contributed by atoms with E-state index in [-0.39, 0.29) is 5.60 Å². The van der Waals surface area contributed by atoms with Gasteiger partial charge in [-0.3, -0.25) is 9.88 Å². The lowest BCUT2D eigenvalue weighted by Gasteiger charge is -2.50. The van der Waals surface area contributed by atoms with Crippen LogP contribution in [0.1, 0.15) is 12.1 Å². The van der Waals surface area contributed by atoms with Crippen LogP contribution in [0.3, 0.4) is 0 Å². The molecule has 2 aliphatic heterocycles. The van der Waals surface area contributed by atoms with Gasteiger partial charge in [0, 0.05) is 49.8 Å². The van der Waals surface area contributed by atoms with Crippen molar-refractivity contribution in [3.63, 3.8) is 0 Å². The van der Waals surface area contributed by atoms with Gasteiger partial charge in [0.25, 0.3) is 0 Å². The van der Waals surface area contributed by atoms with Crippen molar-refractivity contribution >= 4 is 22.8 Å². The number of hydrogen-bond donors (Lipinski definition) is 2. The molecule has 1 aromatic carbocycles. The van der Waals surface area contributed by atoms with E-state index >= 15 is 0 Å². The molecule has 15 heteroatoms. The number of aliphatic carboxylic acids is 2. The highest BCUT2D eigenvalue weighted by molar-refractivity contribution is 5.78. The molecule has 0 bridgehead atoms. The van der Waals surface area contributed by atoms with Crippen molar-refractivity contribution in [2.24, 2.45) is 5.92 Å². The number of nitrogens with zero attached hydrogens (tertiary/aromatic N) is 3. The summed E-state index contributed by atoms with van der Waals surface area (Å²) >= 11 is 0. The minimum Gasteiger partial charge on any atom is -0.477 e. The number of hydrogen-bond acceptors (Lipinski definition) is 7. The lowest BCUT2D eigenvalue weighted by atomic mass is 9.81. The molecular weight excluding hydrogens is 564 g/mol. The molecular formula is C26H25F6N3O6. The van der Waals surface area contributed by atoms with Gasteiger partial charge in [0.2, 0.25) is 5.88 Å². The Balaban J connectivity index is 0.000000276. The molecule has 9 nitrogen and oxygen atoms in total. The summed E-state index contributed by atoms with van der Waals surface area (Å²) in [5.41, 5.74) is 2.11. The van der Waals surface area contributed by atoms with Gasteiger partial charge < -0.3 is 19.7 Å². The third-order valence-corrected chi connectivity index (χ3v) is 6.18. The van der Waals surface area contributed by atoms with Crippen molar-refractivity contribution < 1.29 is 55.6 Å². The molecule has 2 fully saturated rings. The quantitative estimate of drug-likeness (QED) is 0.413. The molecule has 4 heterocycles. The first-order chi connectivity index (χ1) is 19.2. The molecule has 3 aromatic rings. The minimum atomic E-state index is -5.08. The van der Waals surface area contributed by atoms with E-state index in [0.29, 0.717) is 18.4 Å². The fourth-order valence-electron chi connectivity index (χ4n) is 4.24. The average molecular weight is 589 g/mol. The van der Waals surface area contributed by atoms with Crippen molar-refractivity contribution in [2.75, 3.05) is 26.3 Å². The molecule has 222 valence electrons. The Bertz CT molecular complexity index is 1290. The van der Waals surface area contributed by atoms with E-state index in [2.05, 4.69) is 34.1 Å². The van der Waals surface area contributed by atoms with E-state index in [1.165, 1.54) is 5.39 Å². The van der Waals surface area contributed by atoms with Crippen LogP contribution in [0.5, 0.6) is 5.88 Å². The number of likely N-dealkylation sites (tertiary alicyclic amines) is 1. The van der Waals surface area contributed by atoms with E-state index in [1.54, 1.807) is 6.20 Å². The van der Waals surface area contributed by atoms with E-state index < -0.39 is 24.3 Å². The summed E-state index contributed by atoms with van der Waals surface area (Å²) in [5, 5.41) is 15.4. The number of pyridine rings is 2. The van der Waals surface area contributed by atoms with Gasteiger partial charge in [0.05, 0.1) is 23.4 Å². The SMILES string of the molecule is O=C(O)C(F)(F)F.O=C(O)C(F)(F)F.c1ccc(OCC2CCOC23CN(Cc2ccc4ccccc4n2)C3)nc1. The number of halogens is 6. The number of fused-ring (bicyclic) bond motifs is 1. The Kier molecular flexibility index (Phi) is 10.1. The zero-order valence-electron chi connectivity index (χ0n) is 21.2. The van der Waals surface area contributed by atoms with Crippen LogP contribution in [0.15, 0.2) is 60.8 Å². The fourth-order valence-corrected chi connectivity index (χ4v) is 4.24. The number of para-hydroxylation sites is 1. The van der Waals surface area contributed by atoms with Crippen LogP contribution in [-0.4, -0.2) is 81.3 Å². The third kappa shape index (κ3) is 9.01. The highest BCUT2D eigenvalue weighted by atomic mass is 19.4. The number of carboxylic acids is 2. The highest BCUT2D eigenvalue weighted by Gasteiger charge is 2.53. The molecule has 0 saturated carbocycles. The topological polar surface area (TPSA) is 122 Å². The van der Waals surface area contributed by atoms with Crippen molar-refractivity contribution in [1.29, 1.82) is 0 Å². The van der Waals surface area contributed by atoms with E-state index in [0.717, 1.165) is 43.9 Å². The molecule has 0 radical (unpaired) electrons. The maximum Gasteiger partial charge on any atom is 0.490 e. The number of carbonyl (C=O) groups is 2. The number of aromatic nitrogens is 2. The molecule has 1 unspecified atom stereocenters. The van der Waals surface area contributed by atoms with Crippen molar-refractivity contribution in [3.8, 4) is 5.88 Å². The Labute approximate surface area is 229 Å². The molecule has 5 rings (SSSR count). The van der Waals surface area contributed by atoms with Gasteiger partial charge in [-0.1, -0.05) is 30.3 Å². The summed E-state index contributed by atoms with van der Waals surface area (Å²) in [6.45, 7) is 4.23. The molecule has 0 aliphatic carbocycles. The predicted molar refractivity (Wildman–Crippen MR) is 131 cm³/mol. The monoisotopic (exact) mass is 589 g/mol. The van der Waals surface area contributed by atoms with E-state index in [9.17, 15) is 26.3 Å². The van der Waals surface area contributed by atoms with Gasteiger partial charge in [-0.25, -0.2) is 14.6 Å². The van der Waals surface area contributed by atoms with Gasteiger partial charge in [0.15, 0.2) is 0 Å². The molecule has 2 N–H and O–H groups in total. The minimum absolute atomic E-state index is 0.0639. The van der Waals surface area contributed by atoms with Gasteiger partial charge in [-0.2, -0.15) is 26.3 Å². The van der Waals surface area contributed by atoms with Crippen LogP contribution < -0.4 is 4.74 Å². The fraction of sp³-hybridized carbons (Fsp3) is 0.385. The van der Waals surface area contributed by atoms with E-state index in [4.69, 9.17) is 34.3 Å². The van der Waals surface area contributed by atoms with Gasteiger partial charge >= 0.3 is 24.3 Å². The summed E-state index contributed by atoms with van der Waals surface area (Å²) in [5.74, 6) is -4.41. The number of rotatable bonds is 5. The van der Waals surface area contributed by atoms with Crippen LogP contribution in [0, 0.1) is 5.92 Å². The number of alkyl halides is 6. The predicted octanol–water partition coefficient (Wildman–Crippen LogP) is 4.57. The first-order valence-electron chi connectivity index (χ1n) is 12.0. The molecule has 2 saturated heterocycles. The molecule has 0 amide bonds. The van der Waals surface area contributed by atoms with Crippen molar-refractivity contribution in [2.45, 2.75) is 30.9 Å². The molecule has 1 spiro atoms. The molecule has 2 aliphatic rings. The summed E-state index contributed by atoms with van der Waals surface area (Å²) in [6, 6.07) is 18.3. The van der Waals surface area contributed by atoms with Crippen molar-refractivity contribution in [1.82, 2.24) is 14.9 Å². The molecule has 1 atom stereocenters. The first kappa shape index (κ1) is 31.5. The number of carboxylic acid groups (broad SMARTS) is 2. The largest absolute Gasteiger partial charge is 0.490 e. The Morgan fingerprint density at radius 1 is 0.951 bits per heavy atom. The highest BCUT2D eigenvalue weighted by Crippen LogP contribution is 2.40. The van der Waals surface area contributed by atoms with Crippen molar-refractivity contribution in [3.05, 3.63) is 66.5 Å². The van der Waals surface area contributed by atoms with Crippen LogP contribution in [-0.2, 0) is 20.9 Å². The molecule has 41 heavy (non-hydrogen) atoms. The standard InChI is InChI=1S/C22H23N3O2.2C2HF3O2/c1-2-6-20-17(5-1)8-9-19(24-20)13-25-15-22(16-25)18(10-12-27-22)14-26-21-7-3-4-11-23-21;2*3-2(4,5)1(6)7/h1-9,11,18H,10,12-16H2;2*(H,6,7). The summed E-state index contributed by atoms with van der Waals surface area (Å²) in [7, 11) is 0. The maximum absolute atomic E-state index is 10.6. The number of ether oxygens (including phenoxy) is 2. The van der Waals surface area contributed by atoms with Gasteiger partial charge in [0.1, 0.15) is 0 Å². The van der Waals surface area contributed by atoms with Crippen LogP contribution in [0.25, 0.3) is 10.9 Å². The van der Waals surface area contributed by atoms with Crippen LogP contribution in [0.2, 0.25) is 0 Å². The lowest BCUT2D eigenvalue weighted by molar-refractivity contribution is -0.193. The second-order valence-electron chi connectivity index (χ2n) is 9.12. The summed E-state index contributed by atoms with van der Waals surface area (Å²) in [4.78, 5) is 29.2. The summed E-state index contributed by atoms with van der Waals surface area (Å²) in [6.07, 6.45) is -7.35. The van der Waals surface area contributed by atoms with Gasteiger partial charge in [-0.05, 0) is 24.6 Å². The third-order valence-electron chi connectivity index (χ3n) is 6.18. The Hall–Kier alpha value is -3.98. The number of benzene rings is 1. The van der Waals surface area contributed by atoms with E-state index in [1.807, 2.05) is 30.3 Å². The first-order valence-corrected chi connectivity index (χ1v) is 12.0. The maximum atomic E-state index is 10.6. The van der Waals surface area contributed by atoms with Gasteiger partial charge in [-0.15, -0.1) is 0 Å². The normalized spacial score (nSPS) is 18.0. The zero-order valence-corrected chi connectivity index (χ0v) is 21.2. The Morgan fingerprint density at radius 3 is 2.15 bits per heavy atom. The zero-order chi connectivity index (χ0) is 30.3. The summed E-state index contributed by atoms with van der Waals surface area (Å²) < 4.78 is 75.5. The smallest absolute Gasteiger partial charge is 0.477 e. The second kappa shape index (κ2) is 13.1. The average Bonchev–Trinajstić information content (AvgIpc) is 3.31. The second-order valence-corrected chi connectivity index (χ2v) is 9.12. The van der Waals surface area contributed by atoms with Crippen LogP contribution >= 0.6 is 0 Å².